The van der Waals surface area contributed by atoms with Crippen LogP contribution in [-0.4, -0.2) is 25.4 Å². The summed E-state index contributed by atoms with van der Waals surface area (Å²) in [5.41, 5.74) is 5.96. The molecule has 14 heavy (non-hydrogen) atoms. The van der Waals surface area contributed by atoms with Crippen LogP contribution < -0.4 is 5.73 Å². The maximum atomic E-state index is 13.1. The SMILES string of the molecule is Cc1nc(-c2cn[nH]n2)nc(N)c1F. The minimum Gasteiger partial charge on any atom is -0.381 e. The van der Waals surface area contributed by atoms with Gasteiger partial charge in [0.05, 0.1) is 11.9 Å². The fourth-order valence-corrected chi connectivity index (χ4v) is 1.01. The quantitative estimate of drug-likeness (QED) is 0.680. The van der Waals surface area contributed by atoms with Crippen LogP contribution in [0.5, 0.6) is 0 Å². The van der Waals surface area contributed by atoms with Crippen molar-refractivity contribution in [1.82, 2.24) is 25.4 Å². The van der Waals surface area contributed by atoms with Crippen LogP contribution in [0.2, 0.25) is 0 Å². The lowest BCUT2D eigenvalue weighted by Gasteiger charge is -2.01. The number of aromatic nitrogens is 5. The third-order valence-corrected chi connectivity index (χ3v) is 1.69. The second-order valence-corrected chi connectivity index (χ2v) is 2.69. The Labute approximate surface area is 78.4 Å². The first-order valence-electron chi connectivity index (χ1n) is 3.84. The van der Waals surface area contributed by atoms with Gasteiger partial charge in [0.2, 0.25) is 0 Å². The van der Waals surface area contributed by atoms with Gasteiger partial charge in [0, 0.05) is 0 Å². The minimum absolute atomic E-state index is 0.185. The van der Waals surface area contributed by atoms with Crippen molar-refractivity contribution in [3.63, 3.8) is 0 Å². The molecular weight excluding hydrogens is 187 g/mol. The molecule has 0 saturated carbocycles. The molecule has 3 N–H and O–H groups in total. The molecule has 7 heteroatoms. The first-order valence-corrected chi connectivity index (χ1v) is 3.84. The monoisotopic (exact) mass is 194 g/mol. The topological polar surface area (TPSA) is 93.4 Å². The highest BCUT2D eigenvalue weighted by molar-refractivity contribution is 5.50. The standard InChI is InChI=1S/C7H7FN6/c1-3-5(8)6(9)12-7(11-3)4-2-10-14-13-4/h2H,1H3,(H2,9,11,12)(H,10,13,14). The van der Waals surface area contributed by atoms with Crippen LogP contribution in [0.4, 0.5) is 10.2 Å². The van der Waals surface area contributed by atoms with Gasteiger partial charge in [0.25, 0.3) is 0 Å². The number of halogens is 1. The Hall–Kier alpha value is -2.05. The Morgan fingerprint density at radius 2 is 2.21 bits per heavy atom. The van der Waals surface area contributed by atoms with Gasteiger partial charge in [-0.15, -0.1) is 0 Å². The largest absolute Gasteiger partial charge is 0.381 e. The Morgan fingerprint density at radius 3 is 2.79 bits per heavy atom. The molecule has 2 rings (SSSR count). The van der Waals surface area contributed by atoms with Crippen molar-refractivity contribution < 1.29 is 4.39 Å². The van der Waals surface area contributed by atoms with Crippen molar-refractivity contribution in [1.29, 1.82) is 0 Å². The molecule has 6 nitrogen and oxygen atoms in total. The van der Waals surface area contributed by atoms with Crippen molar-refractivity contribution in [2.24, 2.45) is 0 Å². The van der Waals surface area contributed by atoms with Crippen LogP contribution >= 0.6 is 0 Å². The zero-order chi connectivity index (χ0) is 10.1. The predicted octanol–water partition coefficient (Wildman–Crippen LogP) is 0.291. The molecule has 2 aromatic rings. The summed E-state index contributed by atoms with van der Waals surface area (Å²) in [4.78, 5) is 7.63. The number of rotatable bonds is 1. The van der Waals surface area contributed by atoms with Crippen molar-refractivity contribution in [3.05, 3.63) is 17.7 Å². The lowest BCUT2D eigenvalue weighted by molar-refractivity contribution is 0.608. The van der Waals surface area contributed by atoms with Crippen molar-refractivity contribution in [3.8, 4) is 11.5 Å². The van der Waals surface area contributed by atoms with Gasteiger partial charge in [0.15, 0.2) is 17.5 Å². The fraction of sp³-hybridized carbons (Fsp3) is 0.143. The molecule has 0 fully saturated rings. The molecule has 0 aliphatic carbocycles. The normalized spacial score (nSPS) is 10.4. The van der Waals surface area contributed by atoms with Gasteiger partial charge in [-0.2, -0.15) is 15.4 Å². The molecule has 2 heterocycles. The number of aromatic amines is 1. The third-order valence-electron chi connectivity index (χ3n) is 1.69. The van der Waals surface area contributed by atoms with Gasteiger partial charge in [-0.25, -0.2) is 14.4 Å². The van der Waals surface area contributed by atoms with E-state index in [4.69, 9.17) is 5.73 Å². The minimum atomic E-state index is -0.600. The highest BCUT2D eigenvalue weighted by Crippen LogP contribution is 2.15. The molecule has 0 aliphatic heterocycles. The second-order valence-electron chi connectivity index (χ2n) is 2.69. The van der Waals surface area contributed by atoms with E-state index in [-0.39, 0.29) is 17.3 Å². The number of nitrogens with two attached hydrogens (primary N) is 1. The van der Waals surface area contributed by atoms with E-state index in [2.05, 4.69) is 25.4 Å². The summed E-state index contributed by atoms with van der Waals surface area (Å²) in [5.74, 6) is -0.525. The van der Waals surface area contributed by atoms with E-state index in [1.54, 1.807) is 0 Å². The van der Waals surface area contributed by atoms with Gasteiger partial charge in [-0.3, -0.25) is 0 Å². The molecule has 0 aliphatic rings. The highest BCUT2D eigenvalue weighted by atomic mass is 19.1. The van der Waals surface area contributed by atoms with Gasteiger partial charge in [-0.1, -0.05) is 0 Å². The number of anilines is 1. The molecule has 0 atom stereocenters. The highest BCUT2D eigenvalue weighted by Gasteiger charge is 2.11. The van der Waals surface area contributed by atoms with E-state index in [0.717, 1.165) is 0 Å². The van der Waals surface area contributed by atoms with E-state index in [9.17, 15) is 4.39 Å². The predicted molar refractivity (Wildman–Crippen MR) is 46.5 cm³/mol. The molecular formula is C7H7FN6. The lowest BCUT2D eigenvalue weighted by atomic mass is 10.3. The van der Waals surface area contributed by atoms with Crippen molar-refractivity contribution in [2.45, 2.75) is 6.92 Å². The summed E-state index contributed by atoms with van der Waals surface area (Å²) in [7, 11) is 0. The van der Waals surface area contributed by atoms with Crippen LogP contribution in [0.25, 0.3) is 11.5 Å². The second kappa shape index (κ2) is 3.02. The molecule has 0 spiro atoms. The molecule has 2 aromatic heterocycles. The summed E-state index contributed by atoms with van der Waals surface area (Å²) in [6.07, 6.45) is 1.44. The van der Waals surface area contributed by atoms with Crippen LogP contribution in [0.3, 0.4) is 0 Å². The number of hydrogen-bond acceptors (Lipinski definition) is 5. The van der Waals surface area contributed by atoms with Gasteiger partial charge in [0.1, 0.15) is 5.69 Å². The van der Waals surface area contributed by atoms with Gasteiger partial charge < -0.3 is 5.73 Å². The summed E-state index contributed by atoms with van der Waals surface area (Å²) in [5, 5.41) is 9.76. The van der Waals surface area contributed by atoms with Crippen LogP contribution in [0.1, 0.15) is 5.69 Å². The number of aryl methyl sites for hydroxylation is 1. The smallest absolute Gasteiger partial charge is 0.186 e. The number of H-pyrrole nitrogens is 1. The molecule has 0 unspecified atom stereocenters. The van der Waals surface area contributed by atoms with E-state index in [0.29, 0.717) is 5.69 Å². The Kier molecular flexibility index (Phi) is 1.84. The van der Waals surface area contributed by atoms with Crippen molar-refractivity contribution >= 4 is 5.82 Å². The maximum absolute atomic E-state index is 13.1. The first-order chi connectivity index (χ1) is 6.68. The Balaban J connectivity index is 2.57. The Bertz CT molecular complexity index is 428. The molecule has 0 amide bonds. The van der Waals surface area contributed by atoms with Gasteiger partial charge >= 0.3 is 0 Å². The molecule has 72 valence electrons. The number of hydrogen-bond donors (Lipinski definition) is 2. The summed E-state index contributed by atoms with van der Waals surface area (Å²) in [6.45, 7) is 1.51. The number of nitrogens with one attached hydrogen (secondary N) is 1. The molecule has 0 bridgehead atoms. The summed E-state index contributed by atoms with van der Waals surface area (Å²) in [6, 6.07) is 0. The first kappa shape index (κ1) is 8.54. The van der Waals surface area contributed by atoms with Crippen LogP contribution in [0, 0.1) is 12.7 Å². The lowest BCUT2D eigenvalue weighted by Crippen LogP contribution is -2.03. The van der Waals surface area contributed by atoms with Crippen LogP contribution in [0.15, 0.2) is 6.20 Å². The molecule has 0 radical (unpaired) electrons. The third kappa shape index (κ3) is 1.28. The summed E-state index contributed by atoms with van der Waals surface area (Å²) >= 11 is 0. The van der Waals surface area contributed by atoms with E-state index >= 15 is 0 Å². The Morgan fingerprint density at radius 1 is 1.43 bits per heavy atom. The number of nitrogens with zero attached hydrogens (tertiary/aromatic N) is 4. The number of nitrogen functional groups attached to an aromatic ring is 1. The average Bonchev–Trinajstić information content (AvgIpc) is 2.66. The van der Waals surface area contributed by atoms with E-state index in [1.165, 1.54) is 13.1 Å². The fourth-order valence-electron chi connectivity index (χ4n) is 1.01. The van der Waals surface area contributed by atoms with Crippen molar-refractivity contribution in [2.75, 3.05) is 5.73 Å². The average molecular weight is 194 g/mol. The van der Waals surface area contributed by atoms with E-state index < -0.39 is 5.82 Å². The van der Waals surface area contributed by atoms with Gasteiger partial charge in [-0.05, 0) is 6.92 Å². The molecule has 0 aromatic carbocycles. The zero-order valence-corrected chi connectivity index (χ0v) is 7.32. The van der Waals surface area contributed by atoms with Crippen LogP contribution in [-0.2, 0) is 0 Å². The molecule has 0 saturated heterocycles. The zero-order valence-electron chi connectivity index (χ0n) is 7.32. The van der Waals surface area contributed by atoms with E-state index in [1.807, 2.05) is 0 Å². The summed E-state index contributed by atoms with van der Waals surface area (Å²) < 4.78 is 13.1. The maximum Gasteiger partial charge on any atom is 0.186 e.